The molecule has 0 atom stereocenters. The SMILES string of the molecule is CCNC(C)(C)C(=O)Nc1ccc(Br)cc1[N+](=O)[O-]. The third-order valence-corrected chi connectivity index (χ3v) is 3.08. The summed E-state index contributed by atoms with van der Waals surface area (Å²) in [6.45, 7) is 5.95. The van der Waals surface area contributed by atoms with E-state index in [0.717, 1.165) is 0 Å². The number of rotatable bonds is 5. The minimum absolute atomic E-state index is 0.143. The molecular formula is C12H16BrN3O3. The fraction of sp³-hybridized carbons (Fsp3) is 0.417. The third-order valence-electron chi connectivity index (χ3n) is 2.59. The van der Waals surface area contributed by atoms with E-state index >= 15 is 0 Å². The number of nitro benzene ring substituents is 1. The number of anilines is 1. The molecule has 7 heteroatoms. The second-order valence-electron chi connectivity index (χ2n) is 4.53. The summed E-state index contributed by atoms with van der Waals surface area (Å²) in [6.07, 6.45) is 0. The van der Waals surface area contributed by atoms with Gasteiger partial charge >= 0.3 is 0 Å². The molecule has 0 unspecified atom stereocenters. The van der Waals surface area contributed by atoms with Gasteiger partial charge in [0.2, 0.25) is 5.91 Å². The minimum atomic E-state index is -0.796. The number of carbonyl (C=O) groups is 1. The quantitative estimate of drug-likeness (QED) is 0.642. The summed E-state index contributed by atoms with van der Waals surface area (Å²) in [7, 11) is 0. The maximum absolute atomic E-state index is 12.1. The number of carbonyl (C=O) groups excluding carboxylic acids is 1. The summed E-state index contributed by atoms with van der Waals surface area (Å²) in [5.41, 5.74) is -0.755. The lowest BCUT2D eigenvalue weighted by atomic mass is 10.0. The van der Waals surface area contributed by atoms with Crippen LogP contribution in [0.3, 0.4) is 0 Å². The average molecular weight is 330 g/mol. The van der Waals surface area contributed by atoms with Crippen LogP contribution in [0.2, 0.25) is 0 Å². The first-order valence-electron chi connectivity index (χ1n) is 5.78. The summed E-state index contributed by atoms with van der Waals surface area (Å²) in [4.78, 5) is 22.5. The Kier molecular flexibility index (Phi) is 5.02. The van der Waals surface area contributed by atoms with Crippen molar-refractivity contribution in [2.75, 3.05) is 11.9 Å². The average Bonchev–Trinajstić information content (AvgIpc) is 2.30. The molecule has 1 rings (SSSR count). The number of likely N-dealkylation sites (N-methyl/N-ethyl adjacent to an activating group) is 1. The maximum atomic E-state index is 12.1. The molecule has 0 bridgehead atoms. The molecule has 19 heavy (non-hydrogen) atoms. The highest BCUT2D eigenvalue weighted by molar-refractivity contribution is 9.10. The fourth-order valence-corrected chi connectivity index (χ4v) is 1.91. The van der Waals surface area contributed by atoms with Crippen LogP contribution in [0.15, 0.2) is 22.7 Å². The fourth-order valence-electron chi connectivity index (χ4n) is 1.56. The Balaban J connectivity index is 3.00. The number of hydrogen-bond acceptors (Lipinski definition) is 4. The van der Waals surface area contributed by atoms with Gasteiger partial charge in [0.1, 0.15) is 5.69 Å². The summed E-state index contributed by atoms with van der Waals surface area (Å²) in [5.74, 6) is -0.320. The highest BCUT2D eigenvalue weighted by atomic mass is 79.9. The molecule has 0 saturated carbocycles. The lowest BCUT2D eigenvalue weighted by molar-refractivity contribution is -0.384. The molecule has 1 aromatic rings. The predicted molar refractivity (Wildman–Crippen MR) is 77.2 cm³/mol. The third kappa shape index (κ3) is 4.00. The molecule has 104 valence electrons. The van der Waals surface area contributed by atoms with Crippen LogP contribution < -0.4 is 10.6 Å². The van der Waals surface area contributed by atoms with Crippen LogP contribution in [0, 0.1) is 10.1 Å². The van der Waals surface area contributed by atoms with Crippen molar-refractivity contribution in [1.29, 1.82) is 0 Å². The minimum Gasteiger partial charge on any atom is -0.319 e. The molecule has 0 heterocycles. The Morgan fingerprint density at radius 2 is 2.11 bits per heavy atom. The Morgan fingerprint density at radius 1 is 1.47 bits per heavy atom. The lowest BCUT2D eigenvalue weighted by Crippen LogP contribution is -2.49. The van der Waals surface area contributed by atoms with E-state index in [-0.39, 0.29) is 17.3 Å². The van der Waals surface area contributed by atoms with Gasteiger partial charge in [0.05, 0.1) is 10.5 Å². The van der Waals surface area contributed by atoms with Gasteiger partial charge in [-0.25, -0.2) is 0 Å². The molecule has 0 radical (unpaired) electrons. The van der Waals surface area contributed by atoms with Crippen molar-refractivity contribution in [3.8, 4) is 0 Å². The topological polar surface area (TPSA) is 84.3 Å². The first kappa shape index (κ1) is 15.6. The van der Waals surface area contributed by atoms with Crippen molar-refractivity contribution in [3.63, 3.8) is 0 Å². The van der Waals surface area contributed by atoms with E-state index in [2.05, 4.69) is 26.6 Å². The van der Waals surface area contributed by atoms with Crippen molar-refractivity contribution >= 4 is 33.2 Å². The number of nitro groups is 1. The standard InChI is InChI=1S/C12H16BrN3O3/c1-4-14-12(2,3)11(17)15-9-6-5-8(13)7-10(9)16(18)19/h5-7,14H,4H2,1-3H3,(H,15,17). The molecule has 0 spiro atoms. The number of halogens is 1. The largest absolute Gasteiger partial charge is 0.319 e. The highest BCUT2D eigenvalue weighted by Crippen LogP contribution is 2.28. The number of amides is 1. The van der Waals surface area contributed by atoms with Gasteiger partial charge in [0.25, 0.3) is 5.69 Å². The van der Waals surface area contributed by atoms with Crippen molar-refractivity contribution in [1.82, 2.24) is 5.32 Å². The summed E-state index contributed by atoms with van der Waals surface area (Å²) in [6, 6.07) is 4.50. The van der Waals surface area contributed by atoms with Gasteiger partial charge in [-0.05, 0) is 32.5 Å². The smallest absolute Gasteiger partial charge is 0.293 e. The van der Waals surface area contributed by atoms with Gasteiger partial charge in [-0.2, -0.15) is 0 Å². The van der Waals surface area contributed by atoms with E-state index < -0.39 is 10.5 Å². The zero-order valence-corrected chi connectivity index (χ0v) is 12.6. The second-order valence-corrected chi connectivity index (χ2v) is 5.44. The molecule has 1 aromatic carbocycles. The monoisotopic (exact) mass is 329 g/mol. The van der Waals surface area contributed by atoms with Gasteiger partial charge in [-0.3, -0.25) is 14.9 Å². The van der Waals surface area contributed by atoms with Crippen molar-refractivity contribution in [2.45, 2.75) is 26.3 Å². The van der Waals surface area contributed by atoms with Crippen LogP contribution in [-0.2, 0) is 4.79 Å². The van der Waals surface area contributed by atoms with E-state index in [9.17, 15) is 14.9 Å². The summed E-state index contributed by atoms with van der Waals surface area (Å²) >= 11 is 3.17. The maximum Gasteiger partial charge on any atom is 0.293 e. The Hall–Kier alpha value is -1.47. The Morgan fingerprint density at radius 3 is 2.63 bits per heavy atom. The van der Waals surface area contributed by atoms with Crippen LogP contribution in [0.1, 0.15) is 20.8 Å². The van der Waals surface area contributed by atoms with Crippen molar-refractivity contribution in [3.05, 3.63) is 32.8 Å². The molecule has 0 aliphatic rings. The van der Waals surface area contributed by atoms with Crippen LogP contribution in [0.25, 0.3) is 0 Å². The highest BCUT2D eigenvalue weighted by Gasteiger charge is 2.28. The van der Waals surface area contributed by atoms with Crippen molar-refractivity contribution in [2.24, 2.45) is 0 Å². The van der Waals surface area contributed by atoms with Crippen LogP contribution in [0.5, 0.6) is 0 Å². The number of nitrogens with one attached hydrogen (secondary N) is 2. The van der Waals surface area contributed by atoms with Gasteiger partial charge < -0.3 is 10.6 Å². The predicted octanol–water partition coefficient (Wildman–Crippen LogP) is 2.68. The molecule has 0 aliphatic carbocycles. The van der Waals surface area contributed by atoms with Gasteiger partial charge in [-0.1, -0.05) is 22.9 Å². The summed E-state index contributed by atoms with van der Waals surface area (Å²) in [5, 5.41) is 16.5. The molecule has 0 fully saturated rings. The molecule has 6 nitrogen and oxygen atoms in total. The van der Waals surface area contributed by atoms with E-state index in [1.165, 1.54) is 12.1 Å². The lowest BCUT2D eigenvalue weighted by Gasteiger charge is -2.24. The zero-order valence-electron chi connectivity index (χ0n) is 11.0. The van der Waals surface area contributed by atoms with Gasteiger partial charge in [0.15, 0.2) is 0 Å². The van der Waals surface area contributed by atoms with Gasteiger partial charge in [0, 0.05) is 10.5 Å². The molecule has 0 aliphatic heterocycles. The second kappa shape index (κ2) is 6.12. The normalized spacial score (nSPS) is 11.2. The molecular weight excluding hydrogens is 314 g/mol. The van der Waals surface area contributed by atoms with Gasteiger partial charge in [-0.15, -0.1) is 0 Å². The molecule has 0 aromatic heterocycles. The van der Waals surface area contributed by atoms with E-state index in [4.69, 9.17) is 0 Å². The first-order valence-corrected chi connectivity index (χ1v) is 6.57. The molecule has 1 amide bonds. The molecule has 2 N–H and O–H groups in total. The van der Waals surface area contributed by atoms with Crippen LogP contribution in [0.4, 0.5) is 11.4 Å². The van der Waals surface area contributed by atoms with Crippen LogP contribution in [-0.4, -0.2) is 22.9 Å². The first-order chi connectivity index (χ1) is 8.77. The van der Waals surface area contributed by atoms with E-state index in [1.54, 1.807) is 19.9 Å². The Labute approximate surface area is 119 Å². The van der Waals surface area contributed by atoms with Crippen molar-refractivity contribution < 1.29 is 9.72 Å². The number of nitrogens with zero attached hydrogens (tertiary/aromatic N) is 1. The summed E-state index contributed by atoms with van der Waals surface area (Å²) < 4.78 is 0.586. The van der Waals surface area contributed by atoms with E-state index in [1.807, 2.05) is 6.92 Å². The van der Waals surface area contributed by atoms with E-state index in [0.29, 0.717) is 11.0 Å². The number of hydrogen-bond donors (Lipinski definition) is 2. The number of benzene rings is 1. The van der Waals surface area contributed by atoms with Crippen LogP contribution >= 0.6 is 15.9 Å². The Bertz CT molecular complexity index is 503. The molecule has 0 saturated heterocycles. The zero-order chi connectivity index (χ0) is 14.6.